The van der Waals surface area contributed by atoms with Crippen LogP contribution in [0.2, 0.25) is 0 Å². The fourth-order valence-corrected chi connectivity index (χ4v) is 4.13. The molecule has 0 aromatic heterocycles. The number of nitrogens with one attached hydrogen (secondary N) is 1. The summed E-state index contributed by atoms with van der Waals surface area (Å²) in [4.78, 5) is 53.4. The monoisotopic (exact) mass is 400 g/mol. The van der Waals surface area contributed by atoms with Gasteiger partial charge in [0.2, 0.25) is 0 Å². The molecule has 3 rings (SSSR count). The molecule has 1 heterocycles. The molecule has 1 saturated heterocycles. The second-order valence-corrected chi connectivity index (χ2v) is 7.95. The summed E-state index contributed by atoms with van der Waals surface area (Å²) in [5, 5.41) is 2.57. The van der Waals surface area contributed by atoms with E-state index in [-0.39, 0.29) is 24.5 Å². The van der Waals surface area contributed by atoms with Gasteiger partial charge in [-0.15, -0.1) is 0 Å². The highest BCUT2D eigenvalue weighted by Gasteiger charge is 2.49. The highest BCUT2D eigenvalue weighted by atomic mass is 16.2. The maximum atomic E-state index is 12.9. The predicted molar refractivity (Wildman–Crippen MR) is 107 cm³/mol. The van der Waals surface area contributed by atoms with Crippen LogP contribution in [0.15, 0.2) is 24.3 Å². The van der Waals surface area contributed by atoms with E-state index < -0.39 is 17.8 Å². The molecule has 8 heteroatoms. The number of urea groups is 1. The third kappa shape index (κ3) is 4.32. The summed E-state index contributed by atoms with van der Waals surface area (Å²) >= 11 is 0. The topological polar surface area (TPSA) is 90.0 Å². The zero-order valence-electron chi connectivity index (χ0n) is 17.2. The van der Waals surface area contributed by atoms with Gasteiger partial charge in [0.15, 0.2) is 0 Å². The van der Waals surface area contributed by atoms with Crippen LogP contribution in [0, 0.1) is 5.92 Å². The molecule has 0 radical (unpaired) electrons. The molecule has 2 atom stereocenters. The molecule has 5 amide bonds. The van der Waals surface area contributed by atoms with Gasteiger partial charge in [0.25, 0.3) is 5.91 Å². The molecule has 8 nitrogen and oxygen atoms in total. The molecule has 1 aromatic rings. The fourth-order valence-electron chi connectivity index (χ4n) is 4.13. The van der Waals surface area contributed by atoms with E-state index in [1.807, 2.05) is 19.1 Å². The van der Waals surface area contributed by atoms with Gasteiger partial charge in [-0.3, -0.25) is 24.2 Å². The minimum absolute atomic E-state index is 0.0399. The number of carbonyl (C=O) groups is 4. The van der Waals surface area contributed by atoms with Crippen molar-refractivity contribution in [1.29, 1.82) is 0 Å². The first-order chi connectivity index (χ1) is 13.8. The summed E-state index contributed by atoms with van der Waals surface area (Å²) in [5.41, 5.74) is 1.50. The van der Waals surface area contributed by atoms with Crippen LogP contribution in [-0.4, -0.2) is 65.3 Å². The third-order valence-corrected chi connectivity index (χ3v) is 5.76. The normalized spacial score (nSPS) is 22.6. The Morgan fingerprint density at radius 3 is 2.38 bits per heavy atom. The Morgan fingerprint density at radius 2 is 1.76 bits per heavy atom. The average molecular weight is 400 g/mol. The van der Waals surface area contributed by atoms with Gasteiger partial charge in [0, 0.05) is 25.2 Å². The van der Waals surface area contributed by atoms with Crippen molar-refractivity contribution in [2.45, 2.75) is 45.2 Å². The smallest absolute Gasteiger partial charge is 0.335 e. The molecule has 1 aromatic carbocycles. The molecule has 2 fully saturated rings. The molecule has 0 bridgehead atoms. The van der Waals surface area contributed by atoms with Crippen LogP contribution in [0.5, 0.6) is 0 Å². The van der Waals surface area contributed by atoms with Crippen LogP contribution in [0.4, 0.5) is 4.79 Å². The van der Waals surface area contributed by atoms with Crippen molar-refractivity contribution in [2.75, 3.05) is 20.8 Å². The minimum atomic E-state index is -0.755. The number of nitrogens with zero attached hydrogens (tertiary/aromatic N) is 3. The van der Waals surface area contributed by atoms with Crippen LogP contribution in [-0.2, 0) is 16.1 Å². The molecule has 1 N–H and O–H groups in total. The maximum absolute atomic E-state index is 12.9. The van der Waals surface area contributed by atoms with Crippen LogP contribution in [0.1, 0.15) is 48.5 Å². The number of benzene rings is 1. The highest BCUT2D eigenvalue weighted by molar-refractivity contribution is 6.44. The van der Waals surface area contributed by atoms with Crippen molar-refractivity contribution < 1.29 is 19.2 Å². The van der Waals surface area contributed by atoms with Crippen LogP contribution in [0.25, 0.3) is 0 Å². The highest BCUT2D eigenvalue weighted by Crippen LogP contribution is 2.31. The molecule has 1 saturated carbocycles. The summed E-state index contributed by atoms with van der Waals surface area (Å²) in [6, 6.07) is 6.40. The molecule has 2 aliphatic rings. The van der Waals surface area contributed by atoms with E-state index in [4.69, 9.17) is 0 Å². The Balaban J connectivity index is 1.64. The van der Waals surface area contributed by atoms with E-state index >= 15 is 0 Å². The molecule has 1 aliphatic carbocycles. The lowest BCUT2D eigenvalue weighted by atomic mass is 9.85. The van der Waals surface area contributed by atoms with Crippen LogP contribution < -0.4 is 5.32 Å². The molecule has 156 valence electrons. The number of rotatable bonds is 6. The Hall–Kier alpha value is -2.74. The van der Waals surface area contributed by atoms with Crippen molar-refractivity contribution in [2.24, 2.45) is 5.92 Å². The Bertz CT molecular complexity index is 807. The van der Waals surface area contributed by atoms with Gasteiger partial charge in [-0.05, 0) is 43.5 Å². The van der Waals surface area contributed by atoms with Gasteiger partial charge in [-0.2, -0.15) is 0 Å². The van der Waals surface area contributed by atoms with E-state index in [0.717, 1.165) is 36.1 Å². The zero-order chi connectivity index (χ0) is 21.1. The standard InChI is InChI=1S/C21H28N4O4/c1-14-6-4-5-7-17(14)25-20(28)19(27)24(21(25)29)13-23(3)12-15-8-10-16(11-9-15)18(26)22-2/h8-11,14,17H,4-7,12-13H2,1-3H3,(H,22,26)/t14-,17+/m1/s1. The summed E-state index contributed by atoms with van der Waals surface area (Å²) in [6.45, 7) is 2.55. The lowest BCUT2D eigenvalue weighted by Gasteiger charge is -2.34. The Morgan fingerprint density at radius 1 is 1.10 bits per heavy atom. The molecular formula is C21H28N4O4. The van der Waals surface area contributed by atoms with Crippen molar-refractivity contribution in [1.82, 2.24) is 20.0 Å². The first-order valence-electron chi connectivity index (χ1n) is 10.0. The van der Waals surface area contributed by atoms with Gasteiger partial charge < -0.3 is 5.32 Å². The van der Waals surface area contributed by atoms with Gasteiger partial charge >= 0.3 is 17.8 Å². The second-order valence-electron chi connectivity index (χ2n) is 7.95. The number of hydrogen-bond acceptors (Lipinski definition) is 5. The van der Waals surface area contributed by atoms with Crippen molar-refractivity contribution in [3.8, 4) is 0 Å². The number of amides is 5. The van der Waals surface area contributed by atoms with Gasteiger partial charge in [-0.1, -0.05) is 31.9 Å². The molecule has 1 aliphatic heterocycles. The van der Waals surface area contributed by atoms with E-state index in [2.05, 4.69) is 5.32 Å². The van der Waals surface area contributed by atoms with E-state index in [1.54, 1.807) is 31.1 Å². The minimum Gasteiger partial charge on any atom is -0.355 e. The number of imide groups is 2. The van der Waals surface area contributed by atoms with E-state index in [9.17, 15) is 19.2 Å². The van der Waals surface area contributed by atoms with Crippen molar-refractivity contribution >= 4 is 23.8 Å². The molecule has 0 unspecified atom stereocenters. The summed E-state index contributed by atoms with van der Waals surface area (Å²) < 4.78 is 0. The number of carbonyl (C=O) groups excluding carboxylic acids is 4. The van der Waals surface area contributed by atoms with Gasteiger partial charge in [0.1, 0.15) is 0 Å². The SMILES string of the molecule is CNC(=O)c1ccc(CN(C)CN2C(=O)C(=O)N([C@H]3CCCC[C@H]3C)C2=O)cc1. The molecule has 0 spiro atoms. The largest absolute Gasteiger partial charge is 0.355 e. The summed E-state index contributed by atoms with van der Waals surface area (Å²) in [7, 11) is 3.36. The first-order valence-corrected chi connectivity index (χ1v) is 10.0. The predicted octanol–water partition coefficient (Wildman–Crippen LogP) is 1.80. The molecular weight excluding hydrogens is 372 g/mol. The average Bonchev–Trinajstić information content (AvgIpc) is 2.92. The lowest BCUT2D eigenvalue weighted by Crippen LogP contribution is -2.46. The Kier molecular flexibility index (Phi) is 6.32. The van der Waals surface area contributed by atoms with Crippen LogP contribution in [0.3, 0.4) is 0 Å². The quantitative estimate of drug-likeness (QED) is 0.581. The van der Waals surface area contributed by atoms with Crippen molar-refractivity contribution in [3.05, 3.63) is 35.4 Å². The molecule has 29 heavy (non-hydrogen) atoms. The van der Waals surface area contributed by atoms with Crippen molar-refractivity contribution in [3.63, 3.8) is 0 Å². The second kappa shape index (κ2) is 8.73. The van der Waals surface area contributed by atoms with E-state index in [1.165, 1.54) is 4.90 Å². The fraction of sp³-hybridized carbons (Fsp3) is 0.524. The number of hydrogen-bond donors (Lipinski definition) is 1. The van der Waals surface area contributed by atoms with E-state index in [0.29, 0.717) is 12.1 Å². The van der Waals surface area contributed by atoms with Gasteiger partial charge in [-0.25, -0.2) is 9.69 Å². The Labute approximate surface area is 170 Å². The maximum Gasteiger partial charge on any atom is 0.335 e. The summed E-state index contributed by atoms with van der Waals surface area (Å²) in [6.07, 6.45) is 3.77. The zero-order valence-corrected chi connectivity index (χ0v) is 17.2. The first kappa shape index (κ1) is 21.0. The summed E-state index contributed by atoms with van der Waals surface area (Å²) in [5.74, 6) is -1.42. The van der Waals surface area contributed by atoms with Gasteiger partial charge in [0.05, 0.1) is 6.67 Å². The lowest BCUT2D eigenvalue weighted by molar-refractivity contribution is -0.145. The third-order valence-electron chi connectivity index (χ3n) is 5.76. The van der Waals surface area contributed by atoms with Crippen LogP contribution >= 0.6 is 0 Å².